The van der Waals surface area contributed by atoms with Crippen LogP contribution in [0.5, 0.6) is 0 Å². The fourth-order valence-corrected chi connectivity index (χ4v) is 12.0. The van der Waals surface area contributed by atoms with Crippen LogP contribution in [0.1, 0.15) is 336 Å². The van der Waals surface area contributed by atoms with E-state index in [1.165, 1.54) is 122 Å². The summed E-state index contributed by atoms with van der Waals surface area (Å²) < 4.78 is 68.4. The van der Waals surface area contributed by atoms with E-state index in [0.717, 1.165) is 128 Å². The summed E-state index contributed by atoms with van der Waals surface area (Å²) in [6.45, 7) is 4.76. The number of unbranched alkanes of at least 4 members (excludes halogenated alkanes) is 34. The summed E-state index contributed by atoms with van der Waals surface area (Å²) >= 11 is 0. The minimum atomic E-state index is -4.99. The van der Waals surface area contributed by atoms with Crippen molar-refractivity contribution in [2.24, 2.45) is 0 Å². The first-order chi connectivity index (χ1) is 47.7. The van der Waals surface area contributed by atoms with Gasteiger partial charge in [-0.1, -0.05) is 280 Å². The van der Waals surface area contributed by atoms with Crippen LogP contribution in [0.15, 0.2) is 85.1 Å². The highest BCUT2D eigenvalue weighted by atomic mass is 31.2. The maximum absolute atomic E-state index is 13.1. The normalized spacial score (nSPS) is 14.4. The molecule has 0 rings (SSSR count). The molecule has 0 aromatic heterocycles. The molecule has 0 heterocycles. The molecule has 19 heteroatoms. The lowest BCUT2D eigenvalue weighted by Gasteiger charge is -2.21. The quantitative estimate of drug-likeness (QED) is 0.0128. The number of aliphatic hydroxyl groups excluding tert-OH is 1. The van der Waals surface area contributed by atoms with E-state index in [-0.39, 0.29) is 25.7 Å². The van der Waals surface area contributed by atoms with Crippen molar-refractivity contribution in [1.82, 2.24) is 0 Å². The van der Waals surface area contributed by atoms with Gasteiger partial charge in [-0.25, -0.2) is 9.13 Å². The topological polar surface area (TPSA) is 237 Å². The molecule has 0 saturated heterocycles. The predicted octanol–water partition coefficient (Wildman–Crippen LogP) is 22.2. The Bertz CT molecular complexity index is 2190. The number of phosphoric ester groups is 2. The van der Waals surface area contributed by atoms with Crippen molar-refractivity contribution in [2.45, 2.75) is 354 Å². The van der Waals surface area contributed by atoms with Gasteiger partial charge in [0.2, 0.25) is 0 Å². The van der Waals surface area contributed by atoms with E-state index in [1.54, 1.807) is 0 Å². The van der Waals surface area contributed by atoms with Crippen LogP contribution in [0.25, 0.3) is 0 Å². The van der Waals surface area contributed by atoms with E-state index in [9.17, 15) is 43.2 Å². The van der Waals surface area contributed by atoms with Crippen LogP contribution in [0.3, 0.4) is 0 Å². The summed E-state index contributed by atoms with van der Waals surface area (Å²) in [5.41, 5.74) is 0. The van der Waals surface area contributed by atoms with E-state index in [2.05, 4.69) is 101 Å². The standard InChI is InChI=1S/C79H140O17P2/c1-5-9-13-17-21-25-29-33-35-36-38-41-44-48-52-56-60-64-77(82)90-70-75(96-79(84)66-62-58-54-50-46-42-37-34-30-26-22-18-14-10-6-2)72-94-98(87,88)92-68-73(80)67-91-97(85,86)93-71-74(95-78(83)65-61-57-53-49-45-40-32-28-24-20-16-12-8-4)69-89-76(81)63-59-55-51-47-43-39-31-27-23-19-15-11-7-3/h21,25-27,30-31,33-35,37-38,41,48,52,73-75,80H,5-20,22-24,28-29,32,36,39-40,42-47,49-51,53-72H2,1-4H3,(H,85,86)(H,87,88)/b25-21-,30-26-,31-27-,35-33-,37-34-,41-38-,52-48-/t73-,74+,75+/m0/s1. The summed E-state index contributed by atoms with van der Waals surface area (Å²) in [4.78, 5) is 72.8. The molecule has 5 atom stereocenters. The maximum Gasteiger partial charge on any atom is 0.472 e. The zero-order valence-electron chi connectivity index (χ0n) is 62.0. The number of allylic oxidation sites excluding steroid dienone is 14. The fraction of sp³-hybridized carbons (Fsp3) is 0.772. The van der Waals surface area contributed by atoms with E-state index in [0.29, 0.717) is 32.1 Å². The smallest absolute Gasteiger partial charge is 0.462 e. The highest BCUT2D eigenvalue weighted by Gasteiger charge is 2.30. The number of aliphatic hydroxyl groups is 1. The number of hydrogen-bond acceptors (Lipinski definition) is 15. The Morgan fingerprint density at radius 1 is 0.296 bits per heavy atom. The zero-order valence-corrected chi connectivity index (χ0v) is 63.7. The molecule has 0 spiro atoms. The molecule has 3 N–H and O–H groups in total. The first-order valence-electron chi connectivity index (χ1n) is 38.8. The van der Waals surface area contributed by atoms with Gasteiger partial charge in [-0.3, -0.25) is 37.3 Å². The third-order valence-corrected chi connectivity index (χ3v) is 18.3. The van der Waals surface area contributed by atoms with Gasteiger partial charge < -0.3 is 33.8 Å². The molecule has 0 fully saturated rings. The summed E-state index contributed by atoms with van der Waals surface area (Å²) in [5.74, 6) is -2.25. The second kappa shape index (κ2) is 71.6. The van der Waals surface area contributed by atoms with Gasteiger partial charge in [0.15, 0.2) is 12.2 Å². The van der Waals surface area contributed by atoms with Crippen LogP contribution in [0.4, 0.5) is 0 Å². The number of phosphoric acid groups is 2. The first-order valence-corrected chi connectivity index (χ1v) is 41.8. The number of hydrogen-bond donors (Lipinski definition) is 3. The Kier molecular flexibility index (Phi) is 68.9. The highest BCUT2D eigenvalue weighted by Crippen LogP contribution is 2.45. The lowest BCUT2D eigenvalue weighted by atomic mass is 10.0. The van der Waals surface area contributed by atoms with Crippen LogP contribution in [0, 0.1) is 0 Å². The van der Waals surface area contributed by atoms with Gasteiger partial charge in [-0.2, -0.15) is 0 Å². The molecule has 17 nitrogen and oxygen atoms in total. The Balaban J connectivity index is 5.39. The van der Waals surface area contributed by atoms with Crippen molar-refractivity contribution in [2.75, 3.05) is 39.6 Å². The minimum absolute atomic E-state index is 0.0669. The van der Waals surface area contributed by atoms with Gasteiger partial charge >= 0.3 is 39.5 Å². The third kappa shape index (κ3) is 70.7. The third-order valence-electron chi connectivity index (χ3n) is 16.4. The van der Waals surface area contributed by atoms with Gasteiger partial charge in [0.05, 0.1) is 26.4 Å². The molecular formula is C79H140O17P2. The van der Waals surface area contributed by atoms with Crippen LogP contribution in [0.2, 0.25) is 0 Å². The molecule has 98 heavy (non-hydrogen) atoms. The van der Waals surface area contributed by atoms with E-state index < -0.39 is 97.5 Å². The molecule has 0 radical (unpaired) electrons. The first kappa shape index (κ1) is 94.2. The summed E-state index contributed by atoms with van der Waals surface area (Å²) in [7, 11) is -9.96. The molecule has 0 aliphatic heterocycles. The fourth-order valence-electron chi connectivity index (χ4n) is 10.4. The Morgan fingerprint density at radius 3 is 0.908 bits per heavy atom. The maximum atomic E-state index is 13.1. The number of ether oxygens (including phenoxy) is 4. The second-order valence-corrected chi connectivity index (χ2v) is 28.9. The summed E-state index contributed by atoms with van der Waals surface area (Å²) in [6, 6.07) is 0. The van der Waals surface area contributed by atoms with Crippen molar-refractivity contribution >= 4 is 39.5 Å². The highest BCUT2D eigenvalue weighted by molar-refractivity contribution is 7.47. The van der Waals surface area contributed by atoms with Crippen LogP contribution in [-0.4, -0.2) is 96.7 Å². The van der Waals surface area contributed by atoms with Gasteiger partial charge in [0, 0.05) is 25.7 Å². The van der Waals surface area contributed by atoms with Crippen LogP contribution < -0.4 is 0 Å². The lowest BCUT2D eigenvalue weighted by molar-refractivity contribution is -0.161. The number of rotatable bonds is 73. The van der Waals surface area contributed by atoms with Crippen molar-refractivity contribution in [1.29, 1.82) is 0 Å². The molecule has 0 aliphatic rings. The van der Waals surface area contributed by atoms with Crippen molar-refractivity contribution in [3.63, 3.8) is 0 Å². The SMILES string of the molecule is CCCCC/C=C\C/C=C\C/C=C\C/C=C\CCCC(=O)OC[C@H](COP(=O)(O)OC[C@@H](O)COP(=O)(O)OC[C@@H](COC(=O)CCCCCCC/C=C\CCCCCC)OC(=O)CCCCCCCCCCCCCCC)OC(=O)CCCCCCC/C=C\C=C/CCCCCC. The number of carbonyl (C=O) groups is 4. The van der Waals surface area contributed by atoms with E-state index in [4.69, 9.17) is 37.0 Å². The van der Waals surface area contributed by atoms with Crippen molar-refractivity contribution < 1.29 is 80.2 Å². The molecule has 0 aliphatic carbocycles. The van der Waals surface area contributed by atoms with Crippen LogP contribution >= 0.6 is 15.6 Å². The van der Waals surface area contributed by atoms with Crippen LogP contribution in [-0.2, 0) is 65.4 Å². The Labute approximate surface area is 595 Å². The van der Waals surface area contributed by atoms with Crippen molar-refractivity contribution in [3.8, 4) is 0 Å². The van der Waals surface area contributed by atoms with Gasteiger partial charge in [0.25, 0.3) is 0 Å². The zero-order chi connectivity index (χ0) is 71.8. The molecule has 0 amide bonds. The number of esters is 4. The summed E-state index contributed by atoms with van der Waals surface area (Å²) in [6.07, 6.45) is 72.9. The molecular weight excluding hydrogens is 1280 g/mol. The number of carbonyl (C=O) groups excluding carboxylic acids is 4. The lowest BCUT2D eigenvalue weighted by Crippen LogP contribution is -2.30. The molecule has 568 valence electrons. The van der Waals surface area contributed by atoms with Gasteiger partial charge in [-0.05, 0) is 116 Å². The molecule has 2 unspecified atom stereocenters. The Hall–Kier alpha value is -3.76. The van der Waals surface area contributed by atoms with Gasteiger partial charge in [-0.15, -0.1) is 0 Å². The molecule has 0 aromatic carbocycles. The van der Waals surface area contributed by atoms with Gasteiger partial charge in [0.1, 0.15) is 19.3 Å². The largest absolute Gasteiger partial charge is 0.472 e. The van der Waals surface area contributed by atoms with E-state index >= 15 is 0 Å². The predicted molar refractivity (Wildman–Crippen MR) is 399 cm³/mol. The molecule has 0 bridgehead atoms. The second-order valence-electron chi connectivity index (χ2n) is 26.0. The van der Waals surface area contributed by atoms with Crippen molar-refractivity contribution in [3.05, 3.63) is 85.1 Å². The van der Waals surface area contributed by atoms with E-state index in [1.807, 2.05) is 12.2 Å². The average molecular weight is 1420 g/mol. The monoisotopic (exact) mass is 1420 g/mol. The molecule has 0 saturated carbocycles. The average Bonchev–Trinajstić information content (AvgIpc) is 1.05. The minimum Gasteiger partial charge on any atom is -0.462 e. The summed E-state index contributed by atoms with van der Waals surface area (Å²) in [5, 5.41) is 10.6. The Morgan fingerprint density at radius 2 is 0.541 bits per heavy atom. The molecule has 0 aromatic rings.